The van der Waals surface area contributed by atoms with Crippen LogP contribution in [0.5, 0.6) is 0 Å². The van der Waals surface area contributed by atoms with Crippen molar-refractivity contribution in [1.82, 2.24) is 0 Å². The highest BCUT2D eigenvalue weighted by molar-refractivity contribution is 9.10. The Morgan fingerprint density at radius 3 is 2.48 bits per heavy atom. The molecule has 0 radical (unpaired) electrons. The first-order valence-electron chi connectivity index (χ1n) is 5.92. The number of carboxylic acids is 1. The van der Waals surface area contributed by atoms with Crippen LogP contribution in [-0.4, -0.2) is 19.5 Å². The average Bonchev–Trinajstić information content (AvgIpc) is 2.41. The molecule has 0 atom stereocenters. The second-order valence-electron chi connectivity index (χ2n) is 4.37. The van der Waals surface area contributed by atoms with Gasteiger partial charge in [-0.15, -0.1) is 0 Å². The second-order valence-corrected chi connectivity index (χ2v) is 6.90. The Kier molecular flexibility index (Phi) is 4.34. The lowest BCUT2D eigenvalue weighted by atomic mass is 10.1. The highest BCUT2D eigenvalue weighted by Gasteiger charge is 2.18. The summed E-state index contributed by atoms with van der Waals surface area (Å²) in [5.41, 5.74) is 0.849. The number of anilines is 1. The summed E-state index contributed by atoms with van der Waals surface area (Å²) in [5.74, 6) is -1.16. The molecule has 0 amide bonds. The van der Waals surface area contributed by atoms with Gasteiger partial charge in [0.2, 0.25) is 0 Å². The molecule has 2 aromatic rings. The lowest BCUT2D eigenvalue weighted by Crippen LogP contribution is -2.14. The zero-order valence-corrected chi connectivity index (χ0v) is 13.4. The predicted octanol–water partition coefficient (Wildman–Crippen LogP) is 3.26. The molecule has 21 heavy (non-hydrogen) atoms. The maximum absolute atomic E-state index is 12.3. The van der Waals surface area contributed by atoms with E-state index in [1.54, 1.807) is 31.2 Å². The van der Waals surface area contributed by atoms with Crippen LogP contribution in [0.4, 0.5) is 5.69 Å². The number of hydrogen-bond donors (Lipinski definition) is 2. The summed E-state index contributed by atoms with van der Waals surface area (Å²) in [6, 6.07) is 10.8. The van der Waals surface area contributed by atoms with Gasteiger partial charge in [-0.1, -0.05) is 18.2 Å². The quantitative estimate of drug-likeness (QED) is 0.866. The van der Waals surface area contributed by atoms with Gasteiger partial charge in [-0.25, -0.2) is 13.2 Å². The van der Waals surface area contributed by atoms with Crippen LogP contribution in [0, 0.1) is 6.92 Å². The van der Waals surface area contributed by atoms with Crippen molar-refractivity contribution < 1.29 is 18.3 Å². The molecule has 2 N–H and O–H groups in total. The Hall–Kier alpha value is -1.86. The Labute approximate surface area is 130 Å². The number of aryl methyl sites for hydroxylation is 1. The van der Waals surface area contributed by atoms with Gasteiger partial charge in [0.1, 0.15) is 0 Å². The maximum Gasteiger partial charge on any atom is 0.335 e. The van der Waals surface area contributed by atoms with Crippen LogP contribution < -0.4 is 4.72 Å². The van der Waals surface area contributed by atoms with Crippen molar-refractivity contribution in [2.45, 2.75) is 11.8 Å². The number of carboxylic acid groups (broad SMARTS) is 1. The molecule has 2 rings (SSSR count). The molecule has 7 heteroatoms. The Morgan fingerprint density at radius 2 is 1.86 bits per heavy atom. The molecule has 0 aliphatic carbocycles. The highest BCUT2D eigenvalue weighted by Crippen LogP contribution is 2.25. The number of carbonyl (C=O) groups is 1. The summed E-state index contributed by atoms with van der Waals surface area (Å²) >= 11 is 3.25. The van der Waals surface area contributed by atoms with Crippen LogP contribution in [0.2, 0.25) is 0 Å². The predicted molar refractivity (Wildman–Crippen MR) is 83.1 cm³/mol. The molecular formula is C14H12BrNO4S. The first-order chi connectivity index (χ1) is 9.81. The van der Waals surface area contributed by atoms with Gasteiger partial charge in [-0.2, -0.15) is 0 Å². The van der Waals surface area contributed by atoms with Gasteiger partial charge in [0.05, 0.1) is 16.1 Å². The third-order valence-corrected chi connectivity index (χ3v) is 4.92. The number of benzene rings is 2. The topological polar surface area (TPSA) is 83.5 Å². The lowest BCUT2D eigenvalue weighted by molar-refractivity contribution is 0.0696. The van der Waals surface area contributed by atoms with E-state index < -0.39 is 16.0 Å². The van der Waals surface area contributed by atoms with Crippen molar-refractivity contribution in [2.75, 3.05) is 4.72 Å². The fourth-order valence-corrected chi connectivity index (χ4v) is 3.37. The molecule has 0 aromatic heterocycles. The van der Waals surface area contributed by atoms with Gasteiger partial charge < -0.3 is 5.11 Å². The van der Waals surface area contributed by atoms with Gasteiger partial charge in [0, 0.05) is 4.47 Å². The summed E-state index contributed by atoms with van der Waals surface area (Å²) in [6.45, 7) is 1.61. The molecule has 0 unspecified atom stereocenters. The first-order valence-corrected chi connectivity index (χ1v) is 8.20. The van der Waals surface area contributed by atoms with Crippen molar-refractivity contribution in [2.24, 2.45) is 0 Å². The molecular weight excluding hydrogens is 358 g/mol. The Morgan fingerprint density at radius 1 is 1.19 bits per heavy atom. The zero-order chi connectivity index (χ0) is 15.6. The first kappa shape index (κ1) is 15.5. The lowest BCUT2D eigenvalue weighted by Gasteiger charge is -2.11. The van der Waals surface area contributed by atoms with Crippen molar-refractivity contribution in [3.8, 4) is 0 Å². The normalized spacial score (nSPS) is 11.1. The SMILES string of the molecule is Cc1ccc(S(=O)(=O)Nc2ccccc2Br)cc1C(=O)O. The number of sulfonamides is 1. The van der Waals surface area contributed by atoms with Gasteiger partial charge in [0.15, 0.2) is 0 Å². The number of halogens is 1. The molecule has 0 saturated heterocycles. The standard InChI is InChI=1S/C14H12BrNO4S/c1-9-6-7-10(8-11(9)14(17)18)21(19,20)16-13-5-3-2-4-12(13)15/h2-8,16H,1H3,(H,17,18). The van der Waals surface area contributed by atoms with Gasteiger partial charge in [-0.05, 0) is 52.7 Å². The third kappa shape index (κ3) is 3.43. The van der Waals surface area contributed by atoms with Crippen LogP contribution >= 0.6 is 15.9 Å². The smallest absolute Gasteiger partial charge is 0.335 e. The average molecular weight is 370 g/mol. The van der Waals surface area contributed by atoms with Crippen LogP contribution in [0.25, 0.3) is 0 Å². The number of para-hydroxylation sites is 1. The largest absolute Gasteiger partial charge is 0.478 e. The van der Waals surface area contributed by atoms with Gasteiger partial charge >= 0.3 is 5.97 Å². The maximum atomic E-state index is 12.3. The highest BCUT2D eigenvalue weighted by atomic mass is 79.9. The van der Waals surface area contributed by atoms with Crippen molar-refractivity contribution >= 4 is 37.6 Å². The monoisotopic (exact) mass is 369 g/mol. The van der Waals surface area contributed by atoms with Gasteiger partial charge in [0.25, 0.3) is 10.0 Å². The van der Waals surface area contributed by atoms with E-state index in [2.05, 4.69) is 20.7 Å². The fourth-order valence-electron chi connectivity index (χ4n) is 1.75. The van der Waals surface area contributed by atoms with Crippen molar-refractivity contribution in [1.29, 1.82) is 0 Å². The minimum absolute atomic E-state index is 0.0370. The van der Waals surface area contributed by atoms with Crippen molar-refractivity contribution in [3.63, 3.8) is 0 Å². The molecule has 110 valence electrons. The van der Waals surface area contributed by atoms with Gasteiger partial charge in [-0.3, -0.25) is 4.72 Å². The molecule has 5 nitrogen and oxygen atoms in total. The van der Waals surface area contributed by atoms with Crippen LogP contribution in [-0.2, 0) is 10.0 Å². The summed E-state index contributed by atoms with van der Waals surface area (Å²) in [6.07, 6.45) is 0. The molecule has 0 heterocycles. The number of aromatic carboxylic acids is 1. The van der Waals surface area contributed by atoms with Crippen molar-refractivity contribution in [3.05, 3.63) is 58.1 Å². The van der Waals surface area contributed by atoms with E-state index in [0.29, 0.717) is 15.7 Å². The van der Waals surface area contributed by atoms with E-state index in [9.17, 15) is 13.2 Å². The number of nitrogens with one attached hydrogen (secondary N) is 1. The zero-order valence-electron chi connectivity index (χ0n) is 11.0. The summed E-state index contributed by atoms with van der Waals surface area (Å²) in [7, 11) is -3.85. The molecule has 0 fully saturated rings. The van der Waals surface area contributed by atoms with Crippen LogP contribution in [0.1, 0.15) is 15.9 Å². The van der Waals surface area contributed by atoms with E-state index in [1.807, 2.05) is 0 Å². The molecule has 0 saturated carbocycles. The summed E-state index contributed by atoms with van der Waals surface area (Å²) in [4.78, 5) is 11.0. The van der Waals surface area contributed by atoms with E-state index in [4.69, 9.17) is 5.11 Å². The van der Waals surface area contributed by atoms with Crippen LogP contribution in [0.15, 0.2) is 51.8 Å². The van der Waals surface area contributed by atoms with E-state index in [1.165, 1.54) is 12.1 Å². The minimum Gasteiger partial charge on any atom is -0.478 e. The van der Waals surface area contributed by atoms with Crippen LogP contribution in [0.3, 0.4) is 0 Å². The molecule has 0 bridgehead atoms. The van der Waals surface area contributed by atoms with E-state index in [0.717, 1.165) is 6.07 Å². The minimum atomic E-state index is -3.85. The summed E-state index contributed by atoms with van der Waals surface area (Å²) < 4.78 is 27.6. The molecule has 0 aliphatic rings. The third-order valence-electron chi connectivity index (χ3n) is 2.87. The van der Waals surface area contributed by atoms with E-state index >= 15 is 0 Å². The molecule has 0 spiro atoms. The number of hydrogen-bond acceptors (Lipinski definition) is 3. The summed E-state index contributed by atoms with van der Waals surface area (Å²) in [5, 5.41) is 9.07. The molecule has 0 aliphatic heterocycles. The Balaban J connectivity index is 2.43. The fraction of sp³-hybridized carbons (Fsp3) is 0.0714. The second kappa shape index (κ2) is 5.87. The van der Waals surface area contributed by atoms with E-state index in [-0.39, 0.29) is 10.5 Å². The number of rotatable bonds is 4. The molecule has 2 aromatic carbocycles. The Bertz CT molecular complexity index is 802.